The summed E-state index contributed by atoms with van der Waals surface area (Å²) >= 11 is 0. The van der Waals surface area contributed by atoms with E-state index < -0.39 is 0 Å². The summed E-state index contributed by atoms with van der Waals surface area (Å²) < 4.78 is 21.0. The summed E-state index contributed by atoms with van der Waals surface area (Å²) in [7, 11) is 0. The summed E-state index contributed by atoms with van der Waals surface area (Å²) in [5.74, 6) is 0.0799. The van der Waals surface area contributed by atoms with Crippen LogP contribution < -0.4 is 10.1 Å². The van der Waals surface area contributed by atoms with Gasteiger partial charge < -0.3 is 10.1 Å². The molecule has 0 radical (unpaired) electrons. The van der Waals surface area contributed by atoms with Gasteiger partial charge in [0, 0.05) is 11.8 Å². The molecule has 128 valence electrons. The van der Waals surface area contributed by atoms with Gasteiger partial charge in [-0.3, -0.25) is 9.48 Å². The molecule has 0 saturated carbocycles. The van der Waals surface area contributed by atoms with Gasteiger partial charge in [-0.25, -0.2) is 4.39 Å². The molecule has 2 heterocycles. The molecule has 1 aromatic heterocycles. The maximum absolute atomic E-state index is 13.6. The second kappa shape index (κ2) is 6.26. The molecule has 0 aliphatic carbocycles. The van der Waals surface area contributed by atoms with Crippen molar-refractivity contribution in [2.45, 2.75) is 45.2 Å². The fourth-order valence-corrected chi connectivity index (χ4v) is 2.75. The summed E-state index contributed by atoms with van der Waals surface area (Å²) in [4.78, 5) is 12.6. The molecule has 0 bridgehead atoms. The SMILES string of the molecule is CC(C)(C)n1cc(C(=O)NC2CCCOc3ccc(F)cc32)cn1. The molecule has 24 heavy (non-hydrogen) atoms. The van der Waals surface area contributed by atoms with Crippen LogP contribution in [0.1, 0.15) is 55.6 Å². The second-order valence-corrected chi connectivity index (χ2v) is 7.04. The number of nitrogens with zero attached hydrogens (tertiary/aromatic N) is 2. The van der Waals surface area contributed by atoms with Crippen LogP contribution in [0.3, 0.4) is 0 Å². The summed E-state index contributed by atoms with van der Waals surface area (Å²) in [5, 5.41) is 7.23. The Morgan fingerprint density at radius 1 is 1.42 bits per heavy atom. The number of ether oxygens (including phenoxy) is 1. The number of amides is 1. The first-order valence-electron chi connectivity index (χ1n) is 8.13. The highest BCUT2D eigenvalue weighted by atomic mass is 19.1. The zero-order valence-corrected chi connectivity index (χ0v) is 14.2. The minimum Gasteiger partial charge on any atom is -0.493 e. The van der Waals surface area contributed by atoms with Crippen LogP contribution in [-0.4, -0.2) is 22.3 Å². The van der Waals surface area contributed by atoms with Crippen LogP contribution in [0.4, 0.5) is 4.39 Å². The summed E-state index contributed by atoms with van der Waals surface area (Å²) in [6.45, 7) is 6.61. The van der Waals surface area contributed by atoms with E-state index in [0.29, 0.717) is 29.9 Å². The normalized spacial score (nSPS) is 17.6. The third-order valence-corrected chi connectivity index (χ3v) is 4.08. The third kappa shape index (κ3) is 3.42. The van der Waals surface area contributed by atoms with E-state index >= 15 is 0 Å². The zero-order chi connectivity index (χ0) is 17.3. The maximum atomic E-state index is 13.6. The quantitative estimate of drug-likeness (QED) is 0.917. The van der Waals surface area contributed by atoms with Crippen molar-refractivity contribution in [3.63, 3.8) is 0 Å². The van der Waals surface area contributed by atoms with Crippen LogP contribution in [0, 0.1) is 5.82 Å². The largest absolute Gasteiger partial charge is 0.493 e. The van der Waals surface area contributed by atoms with Crippen molar-refractivity contribution in [2.24, 2.45) is 0 Å². The van der Waals surface area contributed by atoms with E-state index in [-0.39, 0.29) is 23.3 Å². The molecule has 1 amide bonds. The Labute approximate surface area is 140 Å². The van der Waals surface area contributed by atoms with Crippen molar-refractivity contribution >= 4 is 5.91 Å². The number of nitrogens with one attached hydrogen (secondary N) is 1. The number of benzene rings is 1. The number of rotatable bonds is 2. The Kier molecular flexibility index (Phi) is 4.30. The molecular weight excluding hydrogens is 309 g/mol. The molecule has 1 aliphatic heterocycles. The molecular formula is C18H22FN3O2. The van der Waals surface area contributed by atoms with Crippen molar-refractivity contribution in [2.75, 3.05) is 6.61 Å². The summed E-state index contributed by atoms with van der Waals surface area (Å²) in [6, 6.07) is 4.15. The zero-order valence-electron chi connectivity index (χ0n) is 14.2. The van der Waals surface area contributed by atoms with Crippen LogP contribution in [0.15, 0.2) is 30.6 Å². The average molecular weight is 331 g/mol. The average Bonchev–Trinajstić information content (AvgIpc) is 2.94. The maximum Gasteiger partial charge on any atom is 0.254 e. The topological polar surface area (TPSA) is 56.2 Å². The Morgan fingerprint density at radius 2 is 2.21 bits per heavy atom. The highest BCUT2D eigenvalue weighted by Gasteiger charge is 2.24. The van der Waals surface area contributed by atoms with Gasteiger partial charge in [-0.15, -0.1) is 0 Å². The van der Waals surface area contributed by atoms with Crippen LogP contribution in [0.25, 0.3) is 0 Å². The molecule has 5 nitrogen and oxygen atoms in total. The highest BCUT2D eigenvalue weighted by molar-refractivity contribution is 5.94. The molecule has 0 fully saturated rings. The third-order valence-electron chi connectivity index (χ3n) is 4.08. The molecule has 1 N–H and O–H groups in total. The molecule has 1 aromatic carbocycles. The second-order valence-electron chi connectivity index (χ2n) is 7.04. The van der Waals surface area contributed by atoms with E-state index in [0.717, 1.165) is 6.42 Å². The number of fused-ring (bicyclic) bond motifs is 1. The van der Waals surface area contributed by atoms with Crippen molar-refractivity contribution in [3.05, 3.63) is 47.5 Å². The van der Waals surface area contributed by atoms with Gasteiger partial charge >= 0.3 is 0 Å². The first-order chi connectivity index (χ1) is 11.3. The highest BCUT2D eigenvalue weighted by Crippen LogP contribution is 2.32. The van der Waals surface area contributed by atoms with Gasteiger partial charge in [0.1, 0.15) is 11.6 Å². The van der Waals surface area contributed by atoms with E-state index in [1.54, 1.807) is 23.1 Å². The van der Waals surface area contributed by atoms with Gasteiger partial charge in [-0.1, -0.05) is 0 Å². The Hall–Kier alpha value is -2.37. The first-order valence-corrected chi connectivity index (χ1v) is 8.13. The Bertz CT molecular complexity index is 749. The van der Waals surface area contributed by atoms with E-state index in [4.69, 9.17) is 4.74 Å². The van der Waals surface area contributed by atoms with Crippen LogP contribution >= 0.6 is 0 Å². The molecule has 1 aliphatic rings. The van der Waals surface area contributed by atoms with Gasteiger partial charge in [-0.05, 0) is 51.8 Å². The lowest BCUT2D eigenvalue weighted by Gasteiger charge is -2.19. The smallest absolute Gasteiger partial charge is 0.254 e. The predicted molar refractivity (Wildman–Crippen MR) is 88.6 cm³/mol. The number of hydrogen-bond acceptors (Lipinski definition) is 3. The lowest BCUT2D eigenvalue weighted by Crippen LogP contribution is -2.28. The summed E-state index contributed by atoms with van der Waals surface area (Å²) in [5.41, 5.74) is 0.988. The first kappa shape index (κ1) is 16.5. The molecule has 2 aromatic rings. The lowest BCUT2D eigenvalue weighted by atomic mass is 10.0. The molecule has 6 heteroatoms. The van der Waals surface area contributed by atoms with Gasteiger partial charge in [0.2, 0.25) is 0 Å². The van der Waals surface area contributed by atoms with E-state index in [2.05, 4.69) is 10.4 Å². The molecule has 0 spiro atoms. The number of hydrogen-bond donors (Lipinski definition) is 1. The van der Waals surface area contributed by atoms with Gasteiger partial charge in [0.05, 0.1) is 29.9 Å². The Balaban J connectivity index is 1.82. The van der Waals surface area contributed by atoms with Gasteiger partial charge in [0.25, 0.3) is 5.91 Å². The number of halogens is 1. The number of carbonyl (C=O) groups is 1. The van der Waals surface area contributed by atoms with E-state index in [1.165, 1.54) is 12.1 Å². The lowest BCUT2D eigenvalue weighted by molar-refractivity contribution is 0.0934. The van der Waals surface area contributed by atoms with Crippen molar-refractivity contribution in [1.82, 2.24) is 15.1 Å². The number of aromatic nitrogens is 2. The van der Waals surface area contributed by atoms with Crippen LogP contribution in [-0.2, 0) is 5.54 Å². The minimum absolute atomic E-state index is 0.190. The number of carbonyl (C=O) groups excluding carboxylic acids is 1. The Morgan fingerprint density at radius 3 is 2.92 bits per heavy atom. The van der Waals surface area contributed by atoms with Crippen molar-refractivity contribution < 1.29 is 13.9 Å². The van der Waals surface area contributed by atoms with Crippen molar-refractivity contribution in [1.29, 1.82) is 0 Å². The van der Waals surface area contributed by atoms with Gasteiger partial charge in [-0.2, -0.15) is 5.10 Å². The van der Waals surface area contributed by atoms with Crippen LogP contribution in [0.5, 0.6) is 5.75 Å². The van der Waals surface area contributed by atoms with Crippen LogP contribution in [0.2, 0.25) is 0 Å². The monoisotopic (exact) mass is 331 g/mol. The fourth-order valence-electron chi connectivity index (χ4n) is 2.75. The van der Waals surface area contributed by atoms with E-state index in [1.807, 2.05) is 20.8 Å². The molecule has 1 atom stereocenters. The standard InChI is InChI=1S/C18H22FN3O2/c1-18(2,3)22-11-12(10-20-22)17(23)21-15-5-4-8-24-16-7-6-13(19)9-14(15)16/h6-7,9-11,15H,4-5,8H2,1-3H3,(H,21,23). The van der Waals surface area contributed by atoms with E-state index in [9.17, 15) is 9.18 Å². The molecule has 0 saturated heterocycles. The molecule has 1 unspecified atom stereocenters. The van der Waals surface area contributed by atoms with Crippen molar-refractivity contribution in [3.8, 4) is 5.75 Å². The summed E-state index contributed by atoms with van der Waals surface area (Å²) in [6.07, 6.45) is 4.79. The fraction of sp³-hybridized carbons (Fsp3) is 0.444. The predicted octanol–water partition coefficient (Wildman–Crippen LogP) is 3.42. The van der Waals surface area contributed by atoms with Gasteiger partial charge in [0.15, 0.2) is 0 Å². The minimum atomic E-state index is -0.334. The molecule has 3 rings (SSSR count).